The molecule has 0 aromatic heterocycles. The van der Waals surface area contributed by atoms with Crippen molar-refractivity contribution in [3.05, 3.63) is 0 Å². The number of nitrogens with zero attached hydrogens (tertiary/aromatic N) is 2. The van der Waals surface area contributed by atoms with Gasteiger partial charge >= 0.3 is 0 Å². The van der Waals surface area contributed by atoms with Crippen molar-refractivity contribution in [2.75, 3.05) is 25.4 Å². The highest BCUT2D eigenvalue weighted by Gasteiger charge is 2.38. The summed E-state index contributed by atoms with van der Waals surface area (Å²) >= 11 is 0. The fourth-order valence-corrected chi connectivity index (χ4v) is 4.34. The molecule has 0 aliphatic carbocycles. The van der Waals surface area contributed by atoms with Crippen LogP contribution in [0.5, 0.6) is 0 Å². The van der Waals surface area contributed by atoms with Gasteiger partial charge in [0.1, 0.15) is 0 Å². The summed E-state index contributed by atoms with van der Waals surface area (Å²) in [6.45, 7) is 3.60. The van der Waals surface area contributed by atoms with E-state index in [-0.39, 0.29) is 17.7 Å². The first kappa shape index (κ1) is 13.8. The molecule has 0 radical (unpaired) electrons. The van der Waals surface area contributed by atoms with Crippen LogP contribution in [0, 0.1) is 0 Å². The zero-order valence-corrected chi connectivity index (χ0v) is 11.8. The van der Waals surface area contributed by atoms with Gasteiger partial charge in [0.15, 0.2) is 0 Å². The van der Waals surface area contributed by atoms with Crippen LogP contribution < -0.4 is 0 Å². The lowest BCUT2D eigenvalue weighted by molar-refractivity contribution is -0.130. The number of rotatable bonds is 5. The first-order valence-corrected chi connectivity index (χ1v) is 8.43. The van der Waals surface area contributed by atoms with E-state index in [4.69, 9.17) is 0 Å². The predicted octanol–water partition coefficient (Wildman–Crippen LogP) is 0.813. The van der Waals surface area contributed by atoms with Crippen molar-refractivity contribution >= 4 is 15.9 Å². The summed E-state index contributed by atoms with van der Waals surface area (Å²) in [5.74, 6) is 0.435. The molecule has 2 saturated heterocycles. The van der Waals surface area contributed by atoms with E-state index in [1.165, 1.54) is 0 Å². The average Bonchev–Trinajstić information content (AvgIpc) is 2.71. The molecule has 0 spiro atoms. The fraction of sp³-hybridized carbons (Fsp3) is 0.917. The van der Waals surface area contributed by atoms with Gasteiger partial charge in [0, 0.05) is 32.1 Å². The second-order valence-electron chi connectivity index (χ2n) is 5.16. The van der Waals surface area contributed by atoms with E-state index < -0.39 is 10.0 Å². The lowest BCUT2D eigenvalue weighted by Gasteiger charge is -2.36. The summed E-state index contributed by atoms with van der Waals surface area (Å²) in [7, 11) is -3.12. The van der Waals surface area contributed by atoms with Gasteiger partial charge in [-0.1, -0.05) is 19.8 Å². The number of hydrogen-bond acceptors (Lipinski definition) is 3. The normalized spacial score (nSPS) is 25.5. The number of sulfonamides is 1. The quantitative estimate of drug-likeness (QED) is 0.697. The van der Waals surface area contributed by atoms with Crippen LogP contribution in [-0.4, -0.2) is 55.0 Å². The lowest BCUT2D eigenvalue weighted by atomic mass is 10.2. The van der Waals surface area contributed by atoms with Crippen molar-refractivity contribution in [2.24, 2.45) is 0 Å². The van der Waals surface area contributed by atoms with Crippen LogP contribution in [0.25, 0.3) is 0 Å². The molecule has 0 saturated carbocycles. The fourth-order valence-electron chi connectivity index (χ4n) is 2.75. The van der Waals surface area contributed by atoms with Gasteiger partial charge in [-0.15, -0.1) is 0 Å². The number of amides is 1. The molecule has 2 heterocycles. The lowest BCUT2D eigenvalue weighted by Crippen LogP contribution is -2.53. The molecule has 0 aromatic carbocycles. The van der Waals surface area contributed by atoms with Crippen LogP contribution in [0.4, 0.5) is 0 Å². The summed E-state index contributed by atoms with van der Waals surface area (Å²) in [5, 5.41) is 0. The van der Waals surface area contributed by atoms with Gasteiger partial charge in [-0.05, 0) is 12.8 Å². The van der Waals surface area contributed by atoms with E-state index in [1.54, 1.807) is 4.31 Å². The van der Waals surface area contributed by atoms with Gasteiger partial charge in [-0.2, -0.15) is 4.31 Å². The number of carbonyl (C=O) groups is 1. The summed E-state index contributed by atoms with van der Waals surface area (Å²) in [5.41, 5.74) is 0. The number of unbranched alkanes of at least 4 members (excludes halogenated alkanes) is 2. The Morgan fingerprint density at radius 2 is 2.06 bits per heavy atom. The second-order valence-corrected chi connectivity index (χ2v) is 7.25. The van der Waals surface area contributed by atoms with E-state index in [0.717, 1.165) is 25.7 Å². The Morgan fingerprint density at radius 1 is 1.28 bits per heavy atom. The van der Waals surface area contributed by atoms with Crippen molar-refractivity contribution in [3.63, 3.8) is 0 Å². The van der Waals surface area contributed by atoms with Crippen LogP contribution in [0.1, 0.15) is 39.0 Å². The first-order valence-electron chi connectivity index (χ1n) is 6.82. The van der Waals surface area contributed by atoms with E-state index in [0.29, 0.717) is 26.1 Å². The molecule has 0 aromatic rings. The van der Waals surface area contributed by atoms with Gasteiger partial charge in [0.2, 0.25) is 15.9 Å². The maximum absolute atomic E-state index is 12.2. The van der Waals surface area contributed by atoms with Crippen LogP contribution in [-0.2, 0) is 14.8 Å². The number of fused-ring (bicyclic) bond motifs is 1. The number of hydrogen-bond donors (Lipinski definition) is 0. The van der Waals surface area contributed by atoms with E-state index in [2.05, 4.69) is 6.92 Å². The van der Waals surface area contributed by atoms with Crippen LogP contribution >= 0.6 is 0 Å². The van der Waals surface area contributed by atoms with Crippen LogP contribution in [0.2, 0.25) is 0 Å². The third-order valence-electron chi connectivity index (χ3n) is 3.86. The van der Waals surface area contributed by atoms with Gasteiger partial charge < -0.3 is 4.90 Å². The summed E-state index contributed by atoms with van der Waals surface area (Å²) in [6.07, 6.45) is 4.11. The highest BCUT2D eigenvalue weighted by molar-refractivity contribution is 7.89. The van der Waals surface area contributed by atoms with Crippen molar-refractivity contribution in [1.82, 2.24) is 9.21 Å². The number of carbonyl (C=O) groups excluding carboxylic acids is 1. The Bertz CT molecular complexity index is 408. The Labute approximate surface area is 109 Å². The molecule has 5 nitrogen and oxygen atoms in total. The highest BCUT2D eigenvalue weighted by Crippen LogP contribution is 2.24. The molecule has 6 heteroatoms. The molecule has 2 fully saturated rings. The van der Waals surface area contributed by atoms with Gasteiger partial charge in [0.25, 0.3) is 0 Å². The Kier molecular flexibility index (Phi) is 4.27. The van der Waals surface area contributed by atoms with Crippen molar-refractivity contribution in [2.45, 2.75) is 45.1 Å². The molecular weight excluding hydrogens is 252 g/mol. The average molecular weight is 274 g/mol. The van der Waals surface area contributed by atoms with E-state index in [1.807, 2.05) is 4.90 Å². The minimum absolute atomic E-state index is 0.118. The van der Waals surface area contributed by atoms with E-state index >= 15 is 0 Å². The number of piperazine rings is 1. The molecule has 1 unspecified atom stereocenters. The van der Waals surface area contributed by atoms with Gasteiger partial charge in [-0.3, -0.25) is 4.79 Å². The van der Waals surface area contributed by atoms with Crippen molar-refractivity contribution < 1.29 is 13.2 Å². The Balaban J connectivity index is 1.93. The molecule has 2 aliphatic rings. The van der Waals surface area contributed by atoms with Crippen LogP contribution in [0.3, 0.4) is 0 Å². The predicted molar refractivity (Wildman–Crippen MR) is 69.6 cm³/mol. The second kappa shape index (κ2) is 5.57. The summed E-state index contributed by atoms with van der Waals surface area (Å²) < 4.78 is 25.9. The minimum atomic E-state index is -3.12. The molecule has 0 bridgehead atoms. The zero-order valence-electron chi connectivity index (χ0n) is 11.0. The largest absolute Gasteiger partial charge is 0.337 e. The third-order valence-corrected chi connectivity index (χ3v) is 5.78. The first-order chi connectivity index (χ1) is 8.54. The monoisotopic (exact) mass is 274 g/mol. The molecule has 2 rings (SSSR count). The van der Waals surface area contributed by atoms with Gasteiger partial charge in [0.05, 0.1) is 5.75 Å². The SMILES string of the molecule is CCCCCS(=O)(=O)N1CCN2C(=O)CCC2C1. The van der Waals surface area contributed by atoms with Gasteiger partial charge in [-0.25, -0.2) is 8.42 Å². The highest BCUT2D eigenvalue weighted by atomic mass is 32.2. The standard InChI is InChI=1S/C12H22N2O3S/c1-2-3-4-9-18(16,17)13-7-8-14-11(10-13)5-6-12(14)15/h11H,2-10H2,1H3. The molecule has 0 N–H and O–H groups in total. The Morgan fingerprint density at radius 3 is 2.78 bits per heavy atom. The minimum Gasteiger partial charge on any atom is -0.337 e. The van der Waals surface area contributed by atoms with Crippen molar-refractivity contribution in [1.29, 1.82) is 0 Å². The molecule has 1 atom stereocenters. The van der Waals surface area contributed by atoms with Crippen molar-refractivity contribution in [3.8, 4) is 0 Å². The zero-order chi connectivity index (χ0) is 13.2. The summed E-state index contributed by atoms with van der Waals surface area (Å²) in [4.78, 5) is 13.4. The van der Waals surface area contributed by atoms with Crippen LogP contribution in [0.15, 0.2) is 0 Å². The summed E-state index contributed by atoms with van der Waals surface area (Å²) in [6, 6.07) is 0.118. The molecular formula is C12H22N2O3S. The molecule has 1 amide bonds. The van der Waals surface area contributed by atoms with E-state index in [9.17, 15) is 13.2 Å². The maximum atomic E-state index is 12.2. The smallest absolute Gasteiger partial charge is 0.222 e. The molecule has 104 valence electrons. The Hall–Kier alpha value is -0.620. The maximum Gasteiger partial charge on any atom is 0.222 e. The third kappa shape index (κ3) is 2.85. The molecule has 2 aliphatic heterocycles. The topological polar surface area (TPSA) is 57.7 Å². The molecule has 18 heavy (non-hydrogen) atoms.